The molecular formula is C23H22N4O. The molecule has 0 amide bonds. The molecule has 1 heterocycles. The van der Waals surface area contributed by atoms with Gasteiger partial charge in [-0.15, -0.1) is 0 Å². The van der Waals surface area contributed by atoms with Gasteiger partial charge in [-0.2, -0.15) is 0 Å². The number of aromatic nitrogens is 2. The van der Waals surface area contributed by atoms with Gasteiger partial charge in [-0.05, 0) is 41.8 Å². The molecule has 0 aliphatic rings. The van der Waals surface area contributed by atoms with E-state index >= 15 is 0 Å². The fourth-order valence-corrected chi connectivity index (χ4v) is 3.12. The predicted molar refractivity (Wildman–Crippen MR) is 113 cm³/mol. The average Bonchev–Trinajstić information content (AvgIpc) is 2.74. The van der Waals surface area contributed by atoms with Gasteiger partial charge in [-0.3, -0.25) is 0 Å². The Morgan fingerprint density at radius 2 is 1.71 bits per heavy atom. The molecule has 0 saturated carbocycles. The van der Waals surface area contributed by atoms with Crippen LogP contribution in [-0.2, 0) is 13.0 Å². The summed E-state index contributed by atoms with van der Waals surface area (Å²) in [5.41, 5.74) is 9.80. The van der Waals surface area contributed by atoms with E-state index in [2.05, 4.69) is 33.5 Å². The number of anilines is 2. The number of nitrogen functional groups attached to an aromatic ring is 1. The number of rotatable bonds is 7. The lowest BCUT2D eigenvalue weighted by Crippen LogP contribution is -2.08. The van der Waals surface area contributed by atoms with Gasteiger partial charge >= 0.3 is 0 Å². The molecule has 3 aromatic carbocycles. The van der Waals surface area contributed by atoms with Gasteiger partial charge in [-0.25, -0.2) is 9.97 Å². The lowest BCUT2D eigenvalue weighted by molar-refractivity contribution is 0.303. The minimum atomic E-state index is 0.557. The molecule has 28 heavy (non-hydrogen) atoms. The van der Waals surface area contributed by atoms with Gasteiger partial charge in [0, 0.05) is 17.6 Å². The lowest BCUT2D eigenvalue weighted by atomic mass is 10.1. The first-order chi connectivity index (χ1) is 13.8. The number of hydrogen-bond acceptors (Lipinski definition) is 5. The number of nitrogens with two attached hydrogens (primary N) is 1. The number of nitrogens with zero attached hydrogens (tertiary/aromatic N) is 2. The Bertz CT molecular complexity index is 1070. The molecule has 0 unspecified atom stereocenters. The summed E-state index contributed by atoms with van der Waals surface area (Å²) in [6, 6.07) is 24.0. The van der Waals surface area contributed by atoms with E-state index in [0.29, 0.717) is 12.3 Å². The second-order valence-corrected chi connectivity index (χ2v) is 6.56. The first-order valence-corrected chi connectivity index (χ1v) is 9.28. The first-order valence-electron chi connectivity index (χ1n) is 9.28. The smallest absolute Gasteiger partial charge is 0.137 e. The zero-order valence-electron chi connectivity index (χ0n) is 15.5. The van der Waals surface area contributed by atoms with E-state index in [1.54, 1.807) is 6.33 Å². The number of para-hydroxylation sites is 1. The summed E-state index contributed by atoms with van der Waals surface area (Å²) < 4.78 is 6.04. The standard InChI is InChI=1S/C23H22N4O/c24-19-10-11-21-20(14-19)23(27-16-26-21)25-13-12-18-8-4-5-9-22(18)28-15-17-6-2-1-3-7-17/h1-11,14,16H,12-13,15,24H2,(H,25,26,27). The quantitative estimate of drug-likeness (QED) is 0.470. The van der Waals surface area contributed by atoms with Crippen LogP contribution in [0.1, 0.15) is 11.1 Å². The zero-order valence-corrected chi connectivity index (χ0v) is 15.5. The van der Waals surface area contributed by atoms with Crippen molar-refractivity contribution in [3.63, 3.8) is 0 Å². The maximum Gasteiger partial charge on any atom is 0.137 e. The largest absolute Gasteiger partial charge is 0.489 e. The molecule has 5 nitrogen and oxygen atoms in total. The molecule has 4 aromatic rings. The van der Waals surface area contributed by atoms with Gasteiger partial charge in [0.05, 0.1) is 5.52 Å². The molecule has 0 aliphatic heterocycles. The minimum absolute atomic E-state index is 0.557. The van der Waals surface area contributed by atoms with Crippen LogP contribution in [0, 0.1) is 0 Å². The molecule has 140 valence electrons. The molecule has 5 heteroatoms. The van der Waals surface area contributed by atoms with Crippen molar-refractivity contribution in [1.29, 1.82) is 0 Å². The van der Waals surface area contributed by atoms with Crippen LogP contribution in [0.2, 0.25) is 0 Å². The number of benzene rings is 3. The Kier molecular flexibility index (Phi) is 5.33. The molecule has 0 atom stereocenters. The van der Waals surface area contributed by atoms with E-state index in [1.165, 1.54) is 0 Å². The third-order valence-electron chi connectivity index (χ3n) is 4.56. The van der Waals surface area contributed by atoms with Gasteiger partial charge in [0.15, 0.2) is 0 Å². The van der Waals surface area contributed by atoms with E-state index in [-0.39, 0.29) is 0 Å². The minimum Gasteiger partial charge on any atom is -0.489 e. The summed E-state index contributed by atoms with van der Waals surface area (Å²) in [7, 11) is 0. The molecule has 1 aromatic heterocycles. The van der Waals surface area contributed by atoms with E-state index in [0.717, 1.165) is 46.6 Å². The van der Waals surface area contributed by atoms with Crippen molar-refractivity contribution >= 4 is 22.4 Å². The fraction of sp³-hybridized carbons (Fsp3) is 0.130. The molecule has 4 rings (SSSR count). The van der Waals surface area contributed by atoms with Crippen LogP contribution in [-0.4, -0.2) is 16.5 Å². The van der Waals surface area contributed by atoms with Crippen molar-refractivity contribution in [1.82, 2.24) is 9.97 Å². The summed E-state index contributed by atoms with van der Waals surface area (Å²) in [5.74, 6) is 1.70. The van der Waals surface area contributed by atoms with Crippen LogP contribution in [0.15, 0.2) is 79.1 Å². The van der Waals surface area contributed by atoms with Crippen LogP contribution < -0.4 is 15.8 Å². The molecule has 0 saturated heterocycles. The SMILES string of the molecule is Nc1ccc2ncnc(NCCc3ccccc3OCc3ccccc3)c2c1. The van der Waals surface area contributed by atoms with E-state index in [9.17, 15) is 0 Å². The third-order valence-corrected chi connectivity index (χ3v) is 4.56. The Hall–Kier alpha value is -3.60. The summed E-state index contributed by atoms with van der Waals surface area (Å²) in [6.07, 6.45) is 2.39. The molecule has 0 radical (unpaired) electrons. The lowest BCUT2D eigenvalue weighted by Gasteiger charge is -2.13. The second kappa shape index (κ2) is 8.39. The summed E-state index contributed by atoms with van der Waals surface area (Å²) in [5, 5.41) is 4.33. The number of hydrogen-bond donors (Lipinski definition) is 2. The maximum absolute atomic E-state index is 6.04. The highest BCUT2D eigenvalue weighted by molar-refractivity contribution is 5.91. The van der Waals surface area contributed by atoms with Crippen LogP contribution >= 0.6 is 0 Å². The zero-order chi connectivity index (χ0) is 19.2. The Morgan fingerprint density at radius 1 is 0.893 bits per heavy atom. The highest BCUT2D eigenvalue weighted by atomic mass is 16.5. The maximum atomic E-state index is 6.04. The van der Waals surface area contributed by atoms with Gasteiger partial charge < -0.3 is 15.8 Å². The van der Waals surface area contributed by atoms with E-state index in [1.807, 2.05) is 54.6 Å². The van der Waals surface area contributed by atoms with Crippen LogP contribution in [0.5, 0.6) is 5.75 Å². The van der Waals surface area contributed by atoms with Crippen LogP contribution in [0.25, 0.3) is 10.9 Å². The van der Waals surface area contributed by atoms with Crippen molar-refractivity contribution in [2.75, 3.05) is 17.6 Å². The number of ether oxygens (including phenoxy) is 1. The van der Waals surface area contributed by atoms with Crippen molar-refractivity contribution < 1.29 is 4.74 Å². The summed E-state index contributed by atoms with van der Waals surface area (Å²) >= 11 is 0. The molecule has 0 aliphatic carbocycles. The van der Waals surface area contributed by atoms with Gasteiger partial charge in [0.1, 0.15) is 24.5 Å². The molecule has 0 spiro atoms. The molecule has 0 bridgehead atoms. The Morgan fingerprint density at radius 3 is 2.61 bits per heavy atom. The van der Waals surface area contributed by atoms with Crippen molar-refractivity contribution in [3.8, 4) is 5.75 Å². The third kappa shape index (κ3) is 4.20. The predicted octanol–water partition coefficient (Wildman–Crippen LogP) is 4.45. The Balaban J connectivity index is 1.42. The normalized spacial score (nSPS) is 10.7. The van der Waals surface area contributed by atoms with E-state index in [4.69, 9.17) is 10.5 Å². The van der Waals surface area contributed by atoms with Crippen molar-refractivity contribution in [3.05, 3.63) is 90.3 Å². The van der Waals surface area contributed by atoms with Crippen LogP contribution in [0.3, 0.4) is 0 Å². The monoisotopic (exact) mass is 370 g/mol. The second-order valence-electron chi connectivity index (χ2n) is 6.56. The average molecular weight is 370 g/mol. The Labute approximate surface area is 164 Å². The highest BCUT2D eigenvalue weighted by Crippen LogP contribution is 2.23. The molecular weight excluding hydrogens is 348 g/mol. The van der Waals surface area contributed by atoms with Crippen molar-refractivity contribution in [2.45, 2.75) is 13.0 Å². The van der Waals surface area contributed by atoms with Crippen LogP contribution in [0.4, 0.5) is 11.5 Å². The molecule has 3 N–H and O–H groups in total. The van der Waals surface area contributed by atoms with E-state index < -0.39 is 0 Å². The molecule has 0 fully saturated rings. The van der Waals surface area contributed by atoms with Crippen molar-refractivity contribution in [2.24, 2.45) is 0 Å². The topological polar surface area (TPSA) is 73.1 Å². The summed E-state index contributed by atoms with van der Waals surface area (Å²) in [6.45, 7) is 1.29. The number of fused-ring (bicyclic) bond motifs is 1. The summed E-state index contributed by atoms with van der Waals surface area (Å²) in [4.78, 5) is 8.66. The number of nitrogens with one attached hydrogen (secondary N) is 1. The highest BCUT2D eigenvalue weighted by Gasteiger charge is 2.06. The first kappa shape index (κ1) is 17.8. The fourth-order valence-electron chi connectivity index (χ4n) is 3.12. The van der Waals surface area contributed by atoms with Gasteiger partial charge in [0.2, 0.25) is 0 Å². The van der Waals surface area contributed by atoms with Gasteiger partial charge in [-0.1, -0.05) is 48.5 Å². The van der Waals surface area contributed by atoms with Gasteiger partial charge in [0.25, 0.3) is 0 Å².